The Labute approximate surface area is 111 Å². The van der Waals surface area contributed by atoms with Crippen LogP contribution in [-0.4, -0.2) is 9.19 Å². The Balaban J connectivity index is 2.20. The summed E-state index contributed by atoms with van der Waals surface area (Å²) in [5.74, 6) is 0.391. The van der Waals surface area contributed by atoms with Crippen LogP contribution in [0.2, 0.25) is 5.02 Å². The summed E-state index contributed by atoms with van der Waals surface area (Å²) in [6.07, 6.45) is 0. The van der Waals surface area contributed by atoms with E-state index in [0.29, 0.717) is 21.4 Å². The van der Waals surface area contributed by atoms with Gasteiger partial charge in [0.15, 0.2) is 0 Å². The largest absolute Gasteiger partial charge is 0.399 e. The van der Waals surface area contributed by atoms with E-state index in [1.54, 1.807) is 18.2 Å². The Kier molecular flexibility index (Phi) is 3.81. The van der Waals surface area contributed by atoms with E-state index in [4.69, 9.17) is 17.3 Å². The van der Waals surface area contributed by atoms with Crippen molar-refractivity contribution in [2.75, 3.05) is 5.73 Å². The molecule has 0 aliphatic rings. The first-order valence-corrected chi connectivity index (χ1v) is 7.48. The van der Waals surface area contributed by atoms with Gasteiger partial charge in [0.05, 0.1) is 26.5 Å². The molecule has 0 saturated heterocycles. The zero-order chi connectivity index (χ0) is 12.4. The maximum atomic E-state index is 12.1. The van der Waals surface area contributed by atoms with Crippen LogP contribution in [0, 0.1) is 6.92 Å². The van der Waals surface area contributed by atoms with Gasteiger partial charge in [-0.3, -0.25) is 4.21 Å². The molecule has 0 amide bonds. The summed E-state index contributed by atoms with van der Waals surface area (Å²) in [5, 5.41) is 3.24. The maximum Gasteiger partial charge on any atom is 0.106 e. The van der Waals surface area contributed by atoms with E-state index in [-0.39, 0.29) is 0 Å². The standard InChI is InChI=1S/C11H11ClN2OS2/c1-7-5-16-11(14-7)6-17(15)10-3-2-8(13)4-9(10)12/h2-5H,6,13H2,1H3. The van der Waals surface area contributed by atoms with Crippen LogP contribution in [0.4, 0.5) is 5.69 Å². The van der Waals surface area contributed by atoms with Gasteiger partial charge in [-0.15, -0.1) is 11.3 Å². The molecule has 17 heavy (non-hydrogen) atoms. The molecule has 90 valence electrons. The number of aryl methyl sites for hydroxylation is 1. The molecule has 1 unspecified atom stereocenters. The molecule has 6 heteroatoms. The lowest BCUT2D eigenvalue weighted by Gasteiger charge is -2.03. The summed E-state index contributed by atoms with van der Waals surface area (Å²) >= 11 is 7.52. The quantitative estimate of drug-likeness (QED) is 0.883. The molecular weight excluding hydrogens is 276 g/mol. The lowest BCUT2D eigenvalue weighted by atomic mass is 10.3. The highest BCUT2D eigenvalue weighted by molar-refractivity contribution is 7.84. The number of hydrogen-bond acceptors (Lipinski definition) is 4. The Bertz CT molecular complexity index is 568. The first-order chi connectivity index (χ1) is 8.06. The number of rotatable bonds is 3. The van der Waals surface area contributed by atoms with Crippen molar-refractivity contribution in [1.29, 1.82) is 0 Å². The molecule has 0 bridgehead atoms. The van der Waals surface area contributed by atoms with Crippen molar-refractivity contribution in [1.82, 2.24) is 4.98 Å². The maximum absolute atomic E-state index is 12.1. The monoisotopic (exact) mass is 286 g/mol. The van der Waals surface area contributed by atoms with Crippen LogP contribution in [-0.2, 0) is 16.6 Å². The second-order valence-electron chi connectivity index (χ2n) is 3.56. The summed E-state index contributed by atoms with van der Waals surface area (Å²) in [4.78, 5) is 4.89. The van der Waals surface area contributed by atoms with Gasteiger partial charge < -0.3 is 5.73 Å². The number of thiazole rings is 1. The van der Waals surface area contributed by atoms with Gasteiger partial charge in [-0.05, 0) is 25.1 Å². The van der Waals surface area contributed by atoms with E-state index in [1.165, 1.54) is 11.3 Å². The minimum atomic E-state index is -1.18. The SMILES string of the molecule is Cc1csc(CS(=O)c2ccc(N)cc2Cl)n1. The molecule has 0 fully saturated rings. The number of nitrogen functional groups attached to an aromatic ring is 1. The molecule has 3 nitrogen and oxygen atoms in total. The average molecular weight is 287 g/mol. The van der Waals surface area contributed by atoms with Crippen LogP contribution < -0.4 is 5.73 Å². The van der Waals surface area contributed by atoms with Gasteiger partial charge in [-0.1, -0.05) is 11.6 Å². The molecule has 1 aromatic heterocycles. The topological polar surface area (TPSA) is 56.0 Å². The van der Waals surface area contributed by atoms with Crippen molar-refractivity contribution in [2.45, 2.75) is 17.6 Å². The second kappa shape index (κ2) is 5.16. The number of aromatic nitrogens is 1. The van der Waals surface area contributed by atoms with Crippen molar-refractivity contribution in [3.05, 3.63) is 39.3 Å². The molecule has 0 aliphatic heterocycles. The molecule has 2 rings (SSSR count). The third-order valence-corrected chi connectivity index (χ3v) is 5.08. The summed E-state index contributed by atoms with van der Waals surface area (Å²) in [6.45, 7) is 1.92. The number of halogens is 1. The number of benzene rings is 1. The van der Waals surface area contributed by atoms with Gasteiger partial charge in [-0.25, -0.2) is 4.98 Å². The first kappa shape index (κ1) is 12.5. The van der Waals surface area contributed by atoms with E-state index < -0.39 is 10.8 Å². The number of anilines is 1. The molecule has 2 aromatic rings. The third-order valence-electron chi connectivity index (χ3n) is 2.12. The molecule has 0 spiro atoms. The predicted octanol–water partition coefficient (Wildman–Crippen LogP) is 2.99. The summed E-state index contributed by atoms with van der Waals surface area (Å²) in [5.41, 5.74) is 7.11. The van der Waals surface area contributed by atoms with Crippen LogP contribution in [0.5, 0.6) is 0 Å². The van der Waals surface area contributed by atoms with E-state index in [9.17, 15) is 4.21 Å². The molecule has 2 N–H and O–H groups in total. The molecule has 0 saturated carbocycles. The summed E-state index contributed by atoms with van der Waals surface area (Å²) in [7, 11) is -1.18. The Morgan fingerprint density at radius 3 is 2.88 bits per heavy atom. The molecule has 0 aliphatic carbocycles. The minimum absolute atomic E-state index is 0.391. The number of nitrogens with two attached hydrogens (primary N) is 1. The smallest absolute Gasteiger partial charge is 0.106 e. The lowest BCUT2D eigenvalue weighted by molar-refractivity contribution is 0.682. The highest BCUT2D eigenvalue weighted by atomic mass is 35.5. The van der Waals surface area contributed by atoms with Crippen LogP contribution in [0.15, 0.2) is 28.5 Å². The molecule has 0 radical (unpaired) electrons. The highest BCUT2D eigenvalue weighted by Crippen LogP contribution is 2.24. The predicted molar refractivity (Wildman–Crippen MR) is 72.8 cm³/mol. The van der Waals surface area contributed by atoms with E-state index in [2.05, 4.69) is 4.98 Å². The third kappa shape index (κ3) is 3.06. The summed E-state index contributed by atoms with van der Waals surface area (Å²) in [6, 6.07) is 5.02. The van der Waals surface area contributed by atoms with Gasteiger partial charge in [0.2, 0.25) is 0 Å². The minimum Gasteiger partial charge on any atom is -0.399 e. The number of nitrogens with zero attached hydrogens (tertiary/aromatic N) is 1. The van der Waals surface area contributed by atoms with Crippen LogP contribution in [0.25, 0.3) is 0 Å². The number of hydrogen-bond donors (Lipinski definition) is 1. The van der Waals surface area contributed by atoms with E-state index in [0.717, 1.165) is 10.7 Å². The van der Waals surface area contributed by atoms with Crippen LogP contribution in [0.1, 0.15) is 10.7 Å². The van der Waals surface area contributed by atoms with Crippen molar-refractivity contribution < 1.29 is 4.21 Å². The second-order valence-corrected chi connectivity index (χ2v) is 6.33. The average Bonchev–Trinajstić information content (AvgIpc) is 2.63. The normalized spacial score (nSPS) is 12.6. The van der Waals surface area contributed by atoms with Gasteiger partial charge >= 0.3 is 0 Å². The molecule has 1 atom stereocenters. The van der Waals surface area contributed by atoms with Crippen molar-refractivity contribution >= 4 is 39.4 Å². The Morgan fingerprint density at radius 2 is 2.29 bits per heavy atom. The summed E-state index contributed by atoms with van der Waals surface area (Å²) < 4.78 is 12.1. The zero-order valence-corrected chi connectivity index (χ0v) is 11.5. The fourth-order valence-corrected chi connectivity index (χ4v) is 3.90. The Hall–Kier alpha value is -0.910. The lowest BCUT2D eigenvalue weighted by Crippen LogP contribution is -1.98. The fraction of sp³-hybridized carbons (Fsp3) is 0.182. The van der Waals surface area contributed by atoms with Gasteiger partial charge in [0, 0.05) is 16.8 Å². The fourth-order valence-electron chi connectivity index (χ4n) is 1.36. The zero-order valence-electron chi connectivity index (χ0n) is 9.14. The van der Waals surface area contributed by atoms with Crippen molar-refractivity contribution in [3.63, 3.8) is 0 Å². The van der Waals surface area contributed by atoms with Gasteiger partial charge in [0.25, 0.3) is 0 Å². The van der Waals surface area contributed by atoms with Crippen molar-refractivity contribution in [3.8, 4) is 0 Å². The van der Waals surface area contributed by atoms with Crippen LogP contribution >= 0.6 is 22.9 Å². The van der Waals surface area contributed by atoms with E-state index >= 15 is 0 Å². The molecule has 1 heterocycles. The van der Waals surface area contributed by atoms with E-state index in [1.807, 2.05) is 12.3 Å². The molecular formula is C11H11ClN2OS2. The highest BCUT2D eigenvalue weighted by Gasteiger charge is 2.11. The first-order valence-electron chi connectivity index (χ1n) is 4.90. The van der Waals surface area contributed by atoms with Crippen LogP contribution in [0.3, 0.4) is 0 Å². The molecule has 1 aromatic carbocycles. The Morgan fingerprint density at radius 1 is 1.53 bits per heavy atom. The van der Waals surface area contributed by atoms with Crippen molar-refractivity contribution in [2.24, 2.45) is 0 Å². The van der Waals surface area contributed by atoms with Gasteiger partial charge in [0.1, 0.15) is 5.01 Å². The van der Waals surface area contributed by atoms with Gasteiger partial charge in [-0.2, -0.15) is 0 Å².